The summed E-state index contributed by atoms with van der Waals surface area (Å²) >= 11 is 0. The van der Waals surface area contributed by atoms with Crippen molar-refractivity contribution in [3.05, 3.63) is 72.1 Å². The van der Waals surface area contributed by atoms with Crippen LogP contribution >= 0.6 is 0 Å². The molecule has 0 N–H and O–H groups in total. The van der Waals surface area contributed by atoms with Gasteiger partial charge in [0.15, 0.2) is 0 Å². The summed E-state index contributed by atoms with van der Waals surface area (Å²) in [6.07, 6.45) is 3.46. The van der Waals surface area contributed by atoms with E-state index in [0.29, 0.717) is 16.9 Å². The van der Waals surface area contributed by atoms with Gasteiger partial charge in [-0.1, -0.05) is 19.2 Å². The van der Waals surface area contributed by atoms with Gasteiger partial charge in [-0.25, -0.2) is 14.0 Å². The van der Waals surface area contributed by atoms with E-state index >= 15 is 0 Å². The standard InChI is InChI=1S/C22H19FO4/c1-4-21(24)26-14-8-9-17(19(23)12-14)16-10-11-20(27-22(25)13(2)3)18-7-5-6-15(16)18/h4,8-12H,1-2,5-7H2,3H3. The van der Waals surface area contributed by atoms with Gasteiger partial charge in [0.05, 0.1) is 0 Å². The highest BCUT2D eigenvalue weighted by molar-refractivity contribution is 5.89. The van der Waals surface area contributed by atoms with Crippen LogP contribution in [0.5, 0.6) is 11.5 Å². The first-order valence-electron chi connectivity index (χ1n) is 8.57. The van der Waals surface area contributed by atoms with E-state index in [0.717, 1.165) is 42.0 Å². The third-order valence-electron chi connectivity index (χ3n) is 4.41. The van der Waals surface area contributed by atoms with E-state index < -0.39 is 17.8 Å². The molecule has 1 aliphatic rings. The number of halogens is 1. The van der Waals surface area contributed by atoms with Gasteiger partial charge in [-0.2, -0.15) is 0 Å². The van der Waals surface area contributed by atoms with E-state index in [1.54, 1.807) is 25.1 Å². The van der Waals surface area contributed by atoms with Crippen LogP contribution < -0.4 is 9.47 Å². The van der Waals surface area contributed by atoms with E-state index in [4.69, 9.17) is 9.47 Å². The Morgan fingerprint density at radius 1 is 1.07 bits per heavy atom. The highest BCUT2D eigenvalue weighted by Crippen LogP contribution is 2.39. The average Bonchev–Trinajstić information content (AvgIpc) is 3.12. The van der Waals surface area contributed by atoms with Gasteiger partial charge in [-0.3, -0.25) is 0 Å². The summed E-state index contributed by atoms with van der Waals surface area (Å²) in [7, 11) is 0. The molecular formula is C22H19FO4. The molecule has 2 aromatic rings. The molecule has 0 fully saturated rings. The molecule has 0 heterocycles. The summed E-state index contributed by atoms with van der Waals surface area (Å²) < 4.78 is 25.0. The molecule has 0 amide bonds. The summed E-state index contributed by atoms with van der Waals surface area (Å²) in [5.41, 5.74) is 3.36. The number of carbonyl (C=O) groups is 2. The highest BCUT2D eigenvalue weighted by Gasteiger charge is 2.23. The predicted molar refractivity (Wildman–Crippen MR) is 100 cm³/mol. The highest BCUT2D eigenvalue weighted by atomic mass is 19.1. The lowest BCUT2D eigenvalue weighted by Crippen LogP contribution is -2.10. The lowest BCUT2D eigenvalue weighted by molar-refractivity contribution is -0.130. The molecule has 0 unspecified atom stereocenters. The Bertz CT molecular complexity index is 959. The van der Waals surface area contributed by atoms with Crippen LogP contribution in [0.1, 0.15) is 24.5 Å². The second kappa shape index (κ2) is 7.58. The molecule has 0 aliphatic heterocycles. The second-order valence-electron chi connectivity index (χ2n) is 6.36. The minimum atomic E-state index is -0.647. The molecule has 1 aliphatic carbocycles. The normalized spacial score (nSPS) is 12.2. The molecule has 5 heteroatoms. The molecular weight excluding hydrogens is 347 g/mol. The van der Waals surface area contributed by atoms with Gasteiger partial charge in [0.2, 0.25) is 0 Å². The van der Waals surface area contributed by atoms with Crippen LogP contribution in [0, 0.1) is 5.82 Å². The predicted octanol–water partition coefficient (Wildman–Crippen LogP) is 4.55. The number of fused-ring (bicyclic) bond motifs is 1. The Morgan fingerprint density at radius 3 is 2.44 bits per heavy atom. The zero-order valence-corrected chi connectivity index (χ0v) is 15.0. The van der Waals surface area contributed by atoms with Crippen LogP contribution in [0.4, 0.5) is 4.39 Å². The van der Waals surface area contributed by atoms with Crippen LogP contribution in [-0.2, 0) is 22.4 Å². The van der Waals surface area contributed by atoms with E-state index in [2.05, 4.69) is 13.2 Å². The zero-order valence-electron chi connectivity index (χ0n) is 15.0. The van der Waals surface area contributed by atoms with Crippen LogP contribution in [0.2, 0.25) is 0 Å². The third-order valence-corrected chi connectivity index (χ3v) is 4.41. The van der Waals surface area contributed by atoms with Gasteiger partial charge >= 0.3 is 11.9 Å². The molecule has 0 spiro atoms. The van der Waals surface area contributed by atoms with E-state index in [-0.39, 0.29) is 5.75 Å². The Morgan fingerprint density at radius 2 is 1.78 bits per heavy atom. The molecule has 2 aromatic carbocycles. The van der Waals surface area contributed by atoms with Gasteiger partial charge in [-0.05, 0) is 61.1 Å². The van der Waals surface area contributed by atoms with Crippen LogP contribution in [-0.4, -0.2) is 11.9 Å². The summed E-state index contributed by atoms with van der Waals surface area (Å²) in [5, 5.41) is 0. The van der Waals surface area contributed by atoms with Crippen molar-refractivity contribution in [1.29, 1.82) is 0 Å². The fourth-order valence-corrected chi connectivity index (χ4v) is 3.14. The molecule has 27 heavy (non-hydrogen) atoms. The van der Waals surface area contributed by atoms with E-state index in [1.165, 1.54) is 12.1 Å². The number of esters is 2. The van der Waals surface area contributed by atoms with Gasteiger partial charge in [0.1, 0.15) is 17.3 Å². The molecule has 0 saturated heterocycles. The van der Waals surface area contributed by atoms with Crippen molar-refractivity contribution in [2.24, 2.45) is 0 Å². The van der Waals surface area contributed by atoms with Crippen LogP contribution in [0.15, 0.2) is 55.1 Å². The van der Waals surface area contributed by atoms with Crippen molar-refractivity contribution in [3.63, 3.8) is 0 Å². The lowest BCUT2D eigenvalue weighted by atomic mass is 9.96. The minimum absolute atomic E-state index is 0.116. The first kappa shape index (κ1) is 18.6. The monoisotopic (exact) mass is 366 g/mol. The maximum Gasteiger partial charge on any atom is 0.338 e. The molecule has 0 bridgehead atoms. The van der Waals surface area contributed by atoms with Crippen molar-refractivity contribution in [2.75, 3.05) is 0 Å². The van der Waals surface area contributed by atoms with Crippen LogP contribution in [0.3, 0.4) is 0 Å². The second-order valence-corrected chi connectivity index (χ2v) is 6.36. The number of hydrogen-bond donors (Lipinski definition) is 0. The molecule has 0 radical (unpaired) electrons. The topological polar surface area (TPSA) is 52.6 Å². The molecule has 0 atom stereocenters. The minimum Gasteiger partial charge on any atom is -0.423 e. The van der Waals surface area contributed by atoms with Crippen molar-refractivity contribution < 1.29 is 23.5 Å². The summed E-state index contributed by atoms with van der Waals surface area (Å²) in [4.78, 5) is 23.1. The van der Waals surface area contributed by atoms with Gasteiger partial charge in [0.25, 0.3) is 0 Å². The van der Waals surface area contributed by atoms with Gasteiger partial charge in [-0.15, -0.1) is 0 Å². The Balaban J connectivity index is 1.97. The Hall–Kier alpha value is -3.21. The Kier molecular flexibility index (Phi) is 5.21. The number of hydrogen-bond acceptors (Lipinski definition) is 4. The first-order chi connectivity index (χ1) is 12.9. The summed E-state index contributed by atoms with van der Waals surface area (Å²) in [6, 6.07) is 7.72. The fraction of sp³-hybridized carbons (Fsp3) is 0.182. The zero-order chi connectivity index (χ0) is 19.6. The first-order valence-corrected chi connectivity index (χ1v) is 8.57. The maximum absolute atomic E-state index is 14.7. The van der Waals surface area contributed by atoms with Crippen molar-refractivity contribution in [2.45, 2.75) is 26.2 Å². The summed E-state index contributed by atoms with van der Waals surface area (Å²) in [5.74, 6) is -1.01. The van der Waals surface area contributed by atoms with E-state index in [9.17, 15) is 14.0 Å². The van der Waals surface area contributed by atoms with E-state index in [1.807, 2.05) is 0 Å². The van der Waals surface area contributed by atoms with Crippen molar-refractivity contribution >= 4 is 11.9 Å². The number of ether oxygens (including phenoxy) is 2. The molecule has 4 nitrogen and oxygen atoms in total. The molecule has 0 saturated carbocycles. The molecule has 138 valence electrons. The van der Waals surface area contributed by atoms with Crippen molar-refractivity contribution in [3.8, 4) is 22.6 Å². The van der Waals surface area contributed by atoms with Crippen molar-refractivity contribution in [1.82, 2.24) is 0 Å². The number of carbonyl (C=O) groups excluding carboxylic acids is 2. The smallest absolute Gasteiger partial charge is 0.338 e. The quantitative estimate of drug-likeness (QED) is 0.442. The number of benzene rings is 2. The number of rotatable bonds is 5. The SMILES string of the molecule is C=CC(=O)Oc1ccc(-c2ccc(OC(=O)C(=C)C)c3c2CCC3)c(F)c1. The maximum atomic E-state index is 14.7. The Labute approximate surface area is 156 Å². The van der Waals surface area contributed by atoms with Gasteiger partial charge in [0, 0.05) is 23.3 Å². The lowest BCUT2D eigenvalue weighted by Gasteiger charge is -2.14. The molecule has 3 rings (SSSR count). The van der Waals surface area contributed by atoms with Crippen LogP contribution in [0.25, 0.3) is 11.1 Å². The molecule has 0 aromatic heterocycles. The largest absolute Gasteiger partial charge is 0.423 e. The third kappa shape index (κ3) is 3.82. The average molecular weight is 366 g/mol. The van der Waals surface area contributed by atoms with Gasteiger partial charge < -0.3 is 9.47 Å². The summed E-state index contributed by atoms with van der Waals surface area (Å²) in [6.45, 7) is 8.49. The fourth-order valence-electron chi connectivity index (χ4n) is 3.14.